The smallest absolute Gasteiger partial charge is 0.337 e. The Kier molecular flexibility index (Phi) is 5.66. The summed E-state index contributed by atoms with van der Waals surface area (Å²) in [5.74, 6) is -0.705. The third kappa shape index (κ3) is 3.47. The summed E-state index contributed by atoms with van der Waals surface area (Å²) in [7, 11) is 1.32. The largest absolute Gasteiger partial charge is 0.465 e. The zero-order chi connectivity index (χ0) is 23.0. The van der Waals surface area contributed by atoms with Crippen LogP contribution in [0.2, 0.25) is 0 Å². The molecule has 1 aromatic rings. The SMILES string of the molecule is COC(=O)c1ccc(C2C(C#N)=C(N)C(C#N)(C#N)C3=CCC(C(C)(C)C)CC32)cc1. The Morgan fingerprint density at radius 1 is 1.16 bits per heavy atom. The van der Waals surface area contributed by atoms with Gasteiger partial charge in [-0.3, -0.25) is 0 Å². The minimum absolute atomic E-state index is 0.0127. The van der Waals surface area contributed by atoms with Gasteiger partial charge in [-0.05, 0) is 53.4 Å². The van der Waals surface area contributed by atoms with Crippen LogP contribution in [-0.2, 0) is 4.74 Å². The molecule has 0 radical (unpaired) electrons. The van der Waals surface area contributed by atoms with Crippen molar-refractivity contribution in [3.8, 4) is 18.2 Å². The first-order valence-corrected chi connectivity index (χ1v) is 10.3. The molecule has 0 saturated carbocycles. The van der Waals surface area contributed by atoms with E-state index in [1.54, 1.807) is 24.3 Å². The van der Waals surface area contributed by atoms with E-state index >= 15 is 0 Å². The van der Waals surface area contributed by atoms with Crippen LogP contribution in [0.5, 0.6) is 0 Å². The number of nitrogens with two attached hydrogens (primary N) is 1. The first kappa shape index (κ1) is 22.1. The summed E-state index contributed by atoms with van der Waals surface area (Å²) in [6.45, 7) is 6.53. The fraction of sp³-hybridized carbons (Fsp3) is 0.440. The Morgan fingerprint density at radius 2 is 1.77 bits per heavy atom. The molecule has 2 aliphatic carbocycles. The number of nitrogens with zero attached hydrogens (tertiary/aromatic N) is 3. The molecule has 31 heavy (non-hydrogen) atoms. The van der Waals surface area contributed by atoms with E-state index in [2.05, 4.69) is 39.0 Å². The normalized spacial score (nSPS) is 24.7. The van der Waals surface area contributed by atoms with Crippen molar-refractivity contribution >= 4 is 5.97 Å². The Bertz CT molecular complexity index is 1070. The highest BCUT2D eigenvalue weighted by molar-refractivity contribution is 5.89. The molecule has 0 fully saturated rings. The first-order valence-electron chi connectivity index (χ1n) is 10.3. The fourth-order valence-electron chi connectivity index (χ4n) is 4.88. The van der Waals surface area contributed by atoms with Gasteiger partial charge in [-0.1, -0.05) is 39.0 Å². The van der Waals surface area contributed by atoms with Gasteiger partial charge in [0.2, 0.25) is 5.41 Å². The van der Waals surface area contributed by atoms with Crippen molar-refractivity contribution in [2.75, 3.05) is 7.11 Å². The number of nitriles is 3. The lowest BCUT2D eigenvalue weighted by molar-refractivity contribution is 0.0600. The van der Waals surface area contributed by atoms with Gasteiger partial charge in [0.25, 0.3) is 0 Å². The van der Waals surface area contributed by atoms with Gasteiger partial charge in [0.05, 0.1) is 42.2 Å². The van der Waals surface area contributed by atoms with Crippen molar-refractivity contribution < 1.29 is 9.53 Å². The van der Waals surface area contributed by atoms with Crippen molar-refractivity contribution in [2.24, 2.45) is 28.4 Å². The van der Waals surface area contributed by atoms with Crippen molar-refractivity contribution in [3.05, 3.63) is 58.3 Å². The summed E-state index contributed by atoms with van der Waals surface area (Å²) in [5.41, 5.74) is 6.94. The molecular weight excluding hydrogens is 388 g/mol. The molecule has 0 aliphatic heterocycles. The van der Waals surface area contributed by atoms with E-state index in [9.17, 15) is 20.6 Å². The molecule has 0 aromatic heterocycles. The zero-order valence-electron chi connectivity index (χ0n) is 18.3. The maximum absolute atomic E-state index is 11.8. The molecule has 0 saturated heterocycles. The van der Waals surface area contributed by atoms with E-state index in [1.165, 1.54) is 7.11 Å². The highest BCUT2D eigenvalue weighted by Gasteiger charge is 2.53. The summed E-state index contributed by atoms with van der Waals surface area (Å²) in [4.78, 5) is 11.8. The Balaban J connectivity index is 2.23. The van der Waals surface area contributed by atoms with E-state index in [4.69, 9.17) is 10.5 Å². The number of fused-ring (bicyclic) bond motifs is 1. The van der Waals surface area contributed by atoms with Crippen LogP contribution in [0.3, 0.4) is 0 Å². The number of hydrogen-bond donors (Lipinski definition) is 1. The lowest BCUT2D eigenvalue weighted by Crippen LogP contribution is -2.43. The minimum atomic E-state index is -1.62. The predicted octanol–water partition coefficient (Wildman–Crippen LogP) is 4.34. The molecule has 3 unspecified atom stereocenters. The van der Waals surface area contributed by atoms with Crippen LogP contribution in [0.1, 0.15) is 55.5 Å². The third-order valence-electron chi connectivity index (χ3n) is 6.77. The van der Waals surface area contributed by atoms with E-state index < -0.39 is 11.4 Å². The molecule has 158 valence electrons. The molecule has 0 amide bonds. The lowest BCUT2D eigenvalue weighted by atomic mass is 9.55. The third-order valence-corrected chi connectivity index (χ3v) is 6.77. The van der Waals surface area contributed by atoms with Gasteiger partial charge in [0, 0.05) is 5.92 Å². The summed E-state index contributed by atoms with van der Waals surface area (Å²) < 4.78 is 4.77. The van der Waals surface area contributed by atoms with Gasteiger partial charge in [0.15, 0.2) is 0 Å². The van der Waals surface area contributed by atoms with Crippen LogP contribution in [0.25, 0.3) is 0 Å². The number of carbonyl (C=O) groups excluding carboxylic acids is 1. The number of carbonyl (C=O) groups is 1. The lowest BCUT2D eigenvalue weighted by Gasteiger charge is -2.46. The average Bonchev–Trinajstić information content (AvgIpc) is 2.77. The summed E-state index contributed by atoms with van der Waals surface area (Å²) in [6.07, 6.45) is 3.49. The van der Waals surface area contributed by atoms with Gasteiger partial charge in [-0.2, -0.15) is 15.8 Å². The Hall–Kier alpha value is -3.56. The van der Waals surface area contributed by atoms with E-state index in [1.807, 2.05) is 6.08 Å². The quantitative estimate of drug-likeness (QED) is 0.567. The number of methoxy groups -OCH3 is 1. The van der Waals surface area contributed by atoms with E-state index in [0.717, 1.165) is 18.4 Å². The van der Waals surface area contributed by atoms with Crippen molar-refractivity contribution in [1.29, 1.82) is 15.8 Å². The number of hydrogen-bond acceptors (Lipinski definition) is 6. The maximum Gasteiger partial charge on any atom is 0.337 e. The molecule has 2 aliphatic rings. The highest BCUT2D eigenvalue weighted by atomic mass is 16.5. The highest BCUT2D eigenvalue weighted by Crippen LogP contribution is 2.57. The molecule has 0 spiro atoms. The van der Waals surface area contributed by atoms with Gasteiger partial charge in [-0.25, -0.2) is 4.79 Å². The first-order chi connectivity index (χ1) is 14.6. The molecule has 0 heterocycles. The second-order valence-corrected chi connectivity index (χ2v) is 9.30. The molecule has 2 N–H and O–H groups in total. The molecule has 1 aromatic carbocycles. The summed E-state index contributed by atoms with van der Waals surface area (Å²) in [5, 5.41) is 30.0. The second kappa shape index (κ2) is 7.93. The number of ether oxygens (including phenoxy) is 1. The molecule has 6 heteroatoms. The van der Waals surface area contributed by atoms with Crippen molar-refractivity contribution in [3.63, 3.8) is 0 Å². The van der Waals surface area contributed by atoms with Crippen LogP contribution < -0.4 is 5.73 Å². The van der Waals surface area contributed by atoms with Gasteiger partial charge in [0.1, 0.15) is 0 Å². The topological polar surface area (TPSA) is 124 Å². The molecular formula is C25H26N4O2. The van der Waals surface area contributed by atoms with Crippen LogP contribution in [-0.4, -0.2) is 13.1 Å². The maximum atomic E-state index is 11.8. The number of allylic oxidation sites excluding steroid dienone is 3. The number of rotatable bonds is 2. The van der Waals surface area contributed by atoms with Crippen LogP contribution >= 0.6 is 0 Å². The van der Waals surface area contributed by atoms with Gasteiger partial charge < -0.3 is 10.5 Å². The number of esters is 1. The molecule has 0 bridgehead atoms. The second-order valence-electron chi connectivity index (χ2n) is 9.30. The fourth-order valence-corrected chi connectivity index (χ4v) is 4.88. The molecule has 3 rings (SSSR count). The minimum Gasteiger partial charge on any atom is -0.465 e. The monoisotopic (exact) mass is 414 g/mol. The van der Waals surface area contributed by atoms with E-state index in [-0.39, 0.29) is 28.5 Å². The van der Waals surface area contributed by atoms with Crippen LogP contribution in [0.15, 0.2) is 47.2 Å². The van der Waals surface area contributed by atoms with Crippen LogP contribution in [0.4, 0.5) is 0 Å². The Morgan fingerprint density at radius 3 is 2.26 bits per heavy atom. The van der Waals surface area contributed by atoms with Gasteiger partial charge >= 0.3 is 5.97 Å². The predicted molar refractivity (Wildman–Crippen MR) is 115 cm³/mol. The average molecular weight is 415 g/mol. The van der Waals surface area contributed by atoms with E-state index in [0.29, 0.717) is 17.1 Å². The van der Waals surface area contributed by atoms with Crippen LogP contribution in [0, 0.1) is 56.7 Å². The molecule has 6 nitrogen and oxygen atoms in total. The Labute approximate surface area is 183 Å². The summed E-state index contributed by atoms with van der Waals surface area (Å²) in [6, 6.07) is 13.3. The standard InChI is InChI=1S/C25H26N4O2/c1-24(2,3)17-9-10-20-18(11-17)21(15-5-7-16(8-6-15)23(30)31-4)19(12-26)22(29)25(20,13-27)14-28/h5-8,10,17-18,21H,9,11,29H2,1-4H3. The van der Waals surface area contributed by atoms with Crippen molar-refractivity contribution in [2.45, 2.75) is 39.5 Å². The van der Waals surface area contributed by atoms with Crippen molar-refractivity contribution in [1.82, 2.24) is 0 Å². The molecule has 3 atom stereocenters. The number of benzene rings is 1. The van der Waals surface area contributed by atoms with Gasteiger partial charge in [-0.15, -0.1) is 0 Å². The zero-order valence-corrected chi connectivity index (χ0v) is 18.3. The summed E-state index contributed by atoms with van der Waals surface area (Å²) >= 11 is 0.